The van der Waals surface area contributed by atoms with Crippen molar-refractivity contribution in [3.8, 4) is 0 Å². The van der Waals surface area contributed by atoms with Gasteiger partial charge in [-0.05, 0) is 13.8 Å². The minimum absolute atomic E-state index is 0.128. The quantitative estimate of drug-likeness (QED) is 0.870. The van der Waals surface area contributed by atoms with Crippen molar-refractivity contribution in [2.24, 2.45) is 0 Å². The molecule has 0 aliphatic heterocycles. The Kier molecular flexibility index (Phi) is 3.79. The fraction of sp³-hybridized carbons (Fsp3) is 0.667. The molecule has 0 bridgehead atoms. The molecule has 0 spiro atoms. The summed E-state index contributed by atoms with van der Waals surface area (Å²) in [6.07, 6.45) is -3.18. The van der Waals surface area contributed by atoms with E-state index in [0.717, 1.165) is 11.2 Å². The van der Waals surface area contributed by atoms with Crippen molar-refractivity contribution in [2.75, 3.05) is 11.4 Å². The molecule has 0 saturated heterocycles. The number of alkyl halides is 3. The molecule has 0 radical (unpaired) electrons. The molecule has 0 aromatic carbocycles. The summed E-state index contributed by atoms with van der Waals surface area (Å²) < 4.78 is 41.7. The summed E-state index contributed by atoms with van der Waals surface area (Å²) in [6, 6.07) is -0.525. The fourth-order valence-corrected chi connectivity index (χ4v) is 1.17. The van der Waals surface area contributed by atoms with Crippen LogP contribution in [0, 0.1) is 0 Å². The highest BCUT2D eigenvalue weighted by molar-refractivity contribution is 5.28. The van der Waals surface area contributed by atoms with Gasteiger partial charge < -0.3 is 14.4 Å². The van der Waals surface area contributed by atoms with E-state index < -0.39 is 18.8 Å². The van der Waals surface area contributed by atoms with E-state index in [1.54, 1.807) is 13.8 Å². The SMILES string of the molecule is CC(C)N(CC(F)(F)F)c1nc(CO)co1. The standard InChI is InChI=1S/C9H13F3N2O2/c1-6(2)14(5-9(10,11)12)8-13-7(3-15)4-16-8/h4,6,15H,3,5H2,1-2H3. The molecule has 0 amide bonds. The van der Waals surface area contributed by atoms with Crippen LogP contribution >= 0.6 is 0 Å². The summed E-state index contributed by atoms with van der Waals surface area (Å²) in [5.41, 5.74) is 0.211. The first-order chi connectivity index (χ1) is 7.33. The molecule has 16 heavy (non-hydrogen) atoms. The number of aliphatic hydroxyl groups is 1. The van der Waals surface area contributed by atoms with E-state index in [9.17, 15) is 13.2 Å². The summed E-state index contributed by atoms with van der Waals surface area (Å²) >= 11 is 0. The van der Waals surface area contributed by atoms with Gasteiger partial charge in [-0.25, -0.2) is 0 Å². The minimum Gasteiger partial charge on any atom is -0.432 e. The third kappa shape index (κ3) is 3.41. The predicted molar refractivity (Wildman–Crippen MR) is 51.0 cm³/mol. The summed E-state index contributed by atoms with van der Waals surface area (Å²) in [5.74, 6) is 0. The van der Waals surface area contributed by atoms with Crippen molar-refractivity contribution in [1.82, 2.24) is 4.98 Å². The highest BCUT2D eigenvalue weighted by atomic mass is 19.4. The van der Waals surface area contributed by atoms with Crippen LogP contribution in [0.5, 0.6) is 0 Å². The van der Waals surface area contributed by atoms with Gasteiger partial charge in [0.1, 0.15) is 18.5 Å². The van der Waals surface area contributed by atoms with Crippen LogP contribution in [0.4, 0.5) is 19.2 Å². The van der Waals surface area contributed by atoms with E-state index in [0.29, 0.717) is 0 Å². The summed E-state index contributed by atoms with van der Waals surface area (Å²) in [6.45, 7) is 1.72. The van der Waals surface area contributed by atoms with Crippen LogP contribution in [0.15, 0.2) is 10.7 Å². The zero-order valence-corrected chi connectivity index (χ0v) is 8.95. The highest BCUT2D eigenvalue weighted by Gasteiger charge is 2.33. The van der Waals surface area contributed by atoms with Crippen LogP contribution in [0.25, 0.3) is 0 Å². The Morgan fingerprint density at radius 1 is 1.50 bits per heavy atom. The predicted octanol–water partition coefficient (Wildman–Crippen LogP) is 1.94. The maximum absolute atomic E-state index is 12.3. The molecule has 1 rings (SSSR count). The Morgan fingerprint density at radius 2 is 2.12 bits per heavy atom. The van der Waals surface area contributed by atoms with Crippen molar-refractivity contribution in [2.45, 2.75) is 32.7 Å². The number of aliphatic hydroxyl groups excluding tert-OH is 1. The molecule has 0 aliphatic rings. The van der Waals surface area contributed by atoms with Crippen molar-refractivity contribution >= 4 is 6.01 Å². The number of rotatable bonds is 4. The van der Waals surface area contributed by atoms with Gasteiger partial charge in [-0.2, -0.15) is 18.2 Å². The van der Waals surface area contributed by atoms with Gasteiger partial charge in [-0.1, -0.05) is 0 Å². The Bertz CT molecular complexity index is 336. The zero-order valence-electron chi connectivity index (χ0n) is 8.95. The third-order valence-electron chi connectivity index (χ3n) is 1.92. The molecule has 0 unspecified atom stereocenters. The maximum atomic E-state index is 12.3. The first-order valence-electron chi connectivity index (χ1n) is 4.72. The Balaban J connectivity index is 2.85. The van der Waals surface area contributed by atoms with Gasteiger partial charge in [-0.15, -0.1) is 0 Å². The number of nitrogens with zero attached hydrogens (tertiary/aromatic N) is 2. The molecule has 0 fully saturated rings. The summed E-state index contributed by atoms with van der Waals surface area (Å²) in [7, 11) is 0. The number of oxazole rings is 1. The first kappa shape index (κ1) is 12.8. The van der Waals surface area contributed by atoms with Crippen LogP contribution in [0.3, 0.4) is 0 Å². The second kappa shape index (κ2) is 4.73. The average molecular weight is 238 g/mol. The molecular weight excluding hydrogens is 225 g/mol. The van der Waals surface area contributed by atoms with Crippen LogP contribution in [0.2, 0.25) is 0 Å². The normalized spacial score (nSPS) is 12.2. The lowest BCUT2D eigenvalue weighted by atomic mass is 10.3. The van der Waals surface area contributed by atoms with Crippen molar-refractivity contribution in [1.29, 1.82) is 0 Å². The summed E-state index contributed by atoms with van der Waals surface area (Å²) in [4.78, 5) is 4.73. The van der Waals surface area contributed by atoms with Gasteiger partial charge in [0, 0.05) is 6.04 Å². The number of halogens is 3. The van der Waals surface area contributed by atoms with E-state index in [-0.39, 0.29) is 18.3 Å². The molecular formula is C9H13F3N2O2. The minimum atomic E-state index is -4.32. The van der Waals surface area contributed by atoms with E-state index in [2.05, 4.69) is 4.98 Å². The fourth-order valence-electron chi connectivity index (χ4n) is 1.17. The van der Waals surface area contributed by atoms with Gasteiger partial charge in [0.05, 0.1) is 6.61 Å². The molecule has 7 heteroatoms. The first-order valence-corrected chi connectivity index (χ1v) is 4.72. The molecule has 1 N–H and O–H groups in total. The number of aromatic nitrogens is 1. The molecule has 1 aromatic rings. The Hall–Kier alpha value is -1.24. The molecule has 1 aromatic heterocycles. The summed E-state index contributed by atoms with van der Waals surface area (Å²) in [5, 5.41) is 8.74. The Labute approximate surface area is 90.7 Å². The lowest BCUT2D eigenvalue weighted by molar-refractivity contribution is -0.121. The molecule has 1 heterocycles. The van der Waals surface area contributed by atoms with Gasteiger partial charge in [0.25, 0.3) is 6.01 Å². The van der Waals surface area contributed by atoms with E-state index in [4.69, 9.17) is 9.52 Å². The molecule has 0 aliphatic carbocycles. The smallest absolute Gasteiger partial charge is 0.406 e. The number of hydrogen-bond acceptors (Lipinski definition) is 4. The van der Waals surface area contributed by atoms with E-state index in [1.807, 2.05) is 0 Å². The number of anilines is 1. The number of hydrogen-bond donors (Lipinski definition) is 1. The Morgan fingerprint density at radius 3 is 2.50 bits per heavy atom. The lowest BCUT2D eigenvalue weighted by Gasteiger charge is -2.25. The van der Waals surface area contributed by atoms with Crippen LogP contribution in [0.1, 0.15) is 19.5 Å². The third-order valence-corrected chi connectivity index (χ3v) is 1.92. The van der Waals surface area contributed by atoms with Crippen molar-refractivity contribution < 1.29 is 22.7 Å². The second-order valence-electron chi connectivity index (χ2n) is 3.62. The van der Waals surface area contributed by atoms with Crippen LogP contribution in [-0.2, 0) is 6.61 Å². The zero-order chi connectivity index (χ0) is 12.3. The topological polar surface area (TPSA) is 49.5 Å². The van der Waals surface area contributed by atoms with Gasteiger partial charge in [0.15, 0.2) is 0 Å². The largest absolute Gasteiger partial charge is 0.432 e. The van der Waals surface area contributed by atoms with Gasteiger partial charge >= 0.3 is 6.18 Å². The van der Waals surface area contributed by atoms with Crippen LogP contribution in [-0.4, -0.2) is 28.9 Å². The maximum Gasteiger partial charge on any atom is 0.406 e. The van der Waals surface area contributed by atoms with E-state index >= 15 is 0 Å². The van der Waals surface area contributed by atoms with E-state index in [1.165, 1.54) is 0 Å². The highest BCUT2D eigenvalue weighted by Crippen LogP contribution is 2.23. The van der Waals surface area contributed by atoms with Crippen LogP contribution < -0.4 is 4.90 Å². The molecule has 0 atom stereocenters. The average Bonchev–Trinajstić information content (AvgIpc) is 2.60. The molecule has 92 valence electrons. The lowest BCUT2D eigenvalue weighted by Crippen LogP contribution is -2.39. The monoisotopic (exact) mass is 238 g/mol. The van der Waals surface area contributed by atoms with Crippen molar-refractivity contribution in [3.63, 3.8) is 0 Å². The molecule has 0 saturated carbocycles. The van der Waals surface area contributed by atoms with Crippen molar-refractivity contribution in [3.05, 3.63) is 12.0 Å². The van der Waals surface area contributed by atoms with Gasteiger partial charge in [-0.3, -0.25) is 0 Å². The second-order valence-corrected chi connectivity index (χ2v) is 3.62. The molecule has 4 nitrogen and oxygen atoms in total. The van der Waals surface area contributed by atoms with Gasteiger partial charge in [0.2, 0.25) is 0 Å².